The molecule has 1 N–H and O–H groups in total. The smallest absolute Gasteiger partial charge is 0.255 e. The minimum absolute atomic E-state index is 0.159. The minimum atomic E-state index is -0.723. The van der Waals surface area contributed by atoms with Gasteiger partial charge >= 0.3 is 0 Å². The number of amides is 2. The van der Waals surface area contributed by atoms with E-state index in [0.29, 0.717) is 11.3 Å². The maximum Gasteiger partial charge on any atom is 0.255 e. The average Bonchev–Trinajstić information content (AvgIpc) is 2.46. The van der Waals surface area contributed by atoms with Crippen LogP contribution in [0.3, 0.4) is 0 Å². The maximum atomic E-state index is 13.0. The zero-order valence-electron chi connectivity index (χ0n) is 11.6. The highest BCUT2D eigenvalue weighted by Crippen LogP contribution is 2.13. The van der Waals surface area contributed by atoms with Gasteiger partial charge in [0.1, 0.15) is 0 Å². The monoisotopic (exact) mass is 287 g/mol. The van der Waals surface area contributed by atoms with Crippen molar-refractivity contribution in [2.24, 2.45) is 0 Å². The number of carbonyl (C=O) groups is 2. The van der Waals surface area contributed by atoms with E-state index in [4.69, 9.17) is 0 Å². The van der Waals surface area contributed by atoms with Crippen LogP contribution < -0.4 is 5.32 Å². The van der Waals surface area contributed by atoms with E-state index in [-0.39, 0.29) is 11.5 Å². The lowest BCUT2D eigenvalue weighted by Crippen LogP contribution is -2.22. The molecule has 6 heteroatoms. The minimum Gasteiger partial charge on any atom is -0.345 e. The lowest BCUT2D eigenvalue weighted by Gasteiger charge is -2.11. The number of hydrogen-bond acceptors (Lipinski definition) is 3. The third-order valence-corrected chi connectivity index (χ3v) is 2.76. The van der Waals surface area contributed by atoms with E-state index in [0.717, 1.165) is 6.07 Å². The number of halogens is 1. The van der Waals surface area contributed by atoms with Crippen molar-refractivity contribution in [2.45, 2.75) is 0 Å². The summed E-state index contributed by atoms with van der Waals surface area (Å²) in [4.78, 5) is 28.7. The molecule has 0 fully saturated rings. The van der Waals surface area contributed by atoms with E-state index in [9.17, 15) is 14.0 Å². The Morgan fingerprint density at radius 1 is 1.14 bits per heavy atom. The number of pyridine rings is 1. The second-order valence-electron chi connectivity index (χ2n) is 4.60. The van der Waals surface area contributed by atoms with Crippen LogP contribution in [0.2, 0.25) is 0 Å². The molecule has 0 spiro atoms. The molecule has 5 nitrogen and oxygen atoms in total. The van der Waals surface area contributed by atoms with E-state index in [1.807, 2.05) is 0 Å². The molecule has 0 aliphatic rings. The molecule has 0 aliphatic carbocycles. The van der Waals surface area contributed by atoms with Crippen molar-refractivity contribution in [1.82, 2.24) is 9.88 Å². The molecular weight excluding hydrogens is 273 g/mol. The van der Waals surface area contributed by atoms with Gasteiger partial charge < -0.3 is 10.2 Å². The lowest BCUT2D eigenvalue weighted by atomic mass is 10.1. The van der Waals surface area contributed by atoms with Crippen LogP contribution in [-0.4, -0.2) is 35.8 Å². The molecule has 0 aliphatic heterocycles. The largest absolute Gasteiger partial charge is 0.345 e. The van der Waals surface area contributed by atoms with Crippen molar-refractivity contribution in [2.75, 3.05) is 19.4 Å². The third kappa shape index (κ3) is 3.62. The van der Waals surface area contributed by atoms with E-state index < -0.39 is 11.9 Å². The molecule has 1 heterocycles. The van der Waals surface area contributed by atoms with Crippen molar-refractivity contribution >= 4 is 17.5 Å². The Morgan fingerprint density at radius 3 is 2.57 bits per heavy atom. The van der Waals surface area contributed by atoms with Crippen LogP contribution in [0.4, 0.5) is 10.1 Å². The van der Waals surface area contributed by atoms with Crippen LogP contribution in [0.25, 0.3) is 0 Å². The van der Waals surface area contributed by atoms with Gasteiger partial charge in [-0.15, -0.1) is 0 Å². The predicted octanol–water partition coefficient (Wildman–Crippen LogP) is 2.17. The van der Waals surface area contributed by atoms with E-state index in [2.05, 4.69) is 10.3 Å². The number of aromatic nitrogens is 1. The lowest BCUT2D eigenvalue weighted by molar-refractivity contribution is 0.0827. The summed E-state index contributed by atoms with van der Waals surface area (Å²) in [5.41, 5.74) is 1.08. The van der Waals surface area contributed by atoms with Crippen LogP contribution in [0.5, 0.6) is 0 Å². The summed E-state index contributed by atoms with van der Waals surface area (Å²) in [6.45, 7) is 0. The van der Waals surface area contributed by atoms with Crippen molar-refractivity contribution in [3.63, 3.8) is 0 Å². The molecule has 1 aromatic carbocycles. The van der Waals surface area contributed by atoms with Crippen molar-refractivity contribution < 1.29 is 14.0 Å². The molecule has 0 saturated heterocycles. The maximum absolute atomic E-state index is 13.0. The first kappa shape index (κ1) is 14.6. The summed E-state index contributed by atoms with van der Waals surface area (Å²) < 4.78 is 13.0. The molecule has 0 atom stereocenters. The van der Waals surface area contributed by atoms with Crippen molar-refractivity contribution in [3.8, 4) is 0 Å². The van der Waals surface area contributed by atoms with Gasteiger partial charge in [-0.05, 0) is 24.3 Å². The zero-order chi connectivity index (χ0) is 15.4. The molecule has 0 saturated carbocycles. The Hall–Kier alpha value is -2.76. The fourth-order valence-electron chi connectivity index (χ4n) is 1.74. The van der Waals surface area contributed by atoms with Gasteiger partial charge in [-0.3, -0.25) is 9.59 Å². The molecule has 2 amide bonds. The summed E-state index contributed by atoms with van der Waals surface area (Å²) in [7, 11) is 3.29. The highest BCUT2D eigenvalue weighted by molar-refractivity contribution is 6.05. The standard InChI is InChI=1S/C15H14FN3O2/c1-19(2)15(21)11-4-3-5-12(8-11)18-14(20)10-6-7-17-13(16)9-10/h3-9H,1-2H3,(H,18,20). The Kier molecular flexibility index (Phi) is 4.27. The number of nitrogens with one attached hydrogen (secondary N) is 1. The first-order valence-electron chi connectivity index (χ1n) is 6.22. The highest BCUT2D eigenvalue weighted by Gasteiger charge is 2.11. The predicted molar refractivity (Wildman–Crippen MR) is 76.6 cm³/mol. The van der Waals surface area contributed by atoms with E-state index >= 15 is 0 Å². The topological polar surface area (TPSA) is 62.3 Å². The molecule has 108 valence electrons. The normalized spacial score (nSPS) is 10.0. The second kappa shape index (κ2) is 6.13. The number of nitrogens with zero attached hydrogens (tertiary/aromatic N) is 2. The van der Waals surface area contributed by atoms with Gasteiger partial charge in [-0.1, -0.05) is 6.07 Å². The number of rotatable bonds is 3. The molecule has 21 heavy (non-hydrogen) atoms. The highest BCUT2D eigenvalue weighted by atomic mass is 19.1. The summed E-state index contributed by atoms with van der Waals surface area (Å²) in [6.07, 6.45) is 1.22. The second-order valence-corrected chi connectivity index (χ2v) is 4.60. The zero-order valence-corrected chi connectivity index (χ0v) is 11.6. The van der Waals surface area contributed by atoms with Crippen LogP contribution in [0.1, 0.15) is 20.7 Å². The summed E-state index contributed by atoms with van der Waals surface area (Å²) >= 11 is 0. The van der Waals surface area contributed by atoms with Crippen LogP contribution in [-0.2, 0) is 0 Å². The molecule has 0 unspecified atom stereocenters. The van der Waals surface area contributed by atoms with Crippen LogP contribution >= 0.6 is 0 Å². The van der Waals surface area contributed by atoms with Gasteiger partial charge in [0, 0.05) is 43.2 Å². The number of benzene rings is 1. The average molecular weight is 287 g/mol. The third-order valence-electron chi connectivity index (χ3n) is 2.76. The fraction of sp³-hybridized carbons (Fsp3) is 0.133. The van der Waals surface area contributed by atoms with Crippen LogP contribution in [0, 0.1) is 5.95 Å². The SMILES string of the molecule is CN(C)C(=O)c1cccc(NC(=O)c2ccnc(F)c2)c1. The molecule has 2 aromatic rings. The Bertz CT molecular complexity index is 686. The van der Waals surface area contributed by atoms with Crippen molar-refractivity contribution in [3.05, 3.63) is 59.7 Å². The van der Waals surface area contributed by atoms with E-state index in [1.165, 1.54) is 17.2 Å². The summed E-state index contributed by atoms with van der Waals surface area (Å²) in [5.74, 6) is -1.36. The number of hydrogen-bond donors (Lipinski definition) is 1. The number of carbonyl (C=O) groups excluding carboxylic acids is 2. The molecule has 0 radical (unpaired) electrons. The Labute approximate surface area is 121 Å². The van der Waals surface area contributed by atoms with E-state index in [1.54, 1.807) is 38.4 Å². The van der Waals surface area contributed by atoms with Gasteiger partial charge in [0.25, 0.3) is 11.8 Å². The molecule has 2 rings (SSSR count). The fourth-order valence-corrected chi connectivity index (χ4v) is 1.74. The van der Waals surface area contributed by atoms with Crippen molar-refractivity contribution in [1.29, 1.82) is 0 Å². The molecular formula is C15H14FN3O2. The molecule has 1 aromatic heterocycles. The van der Waals surface area contributed by atoms with Gasteiger partial charge in [-0.2, -0.15) is 4.39 Å². The number of anilines is 1. The van der Waals surface area contributed by atoms with Gasteiger partial charge in [-0.25, -0.2) is 4.98 Å². The first-order valence-corrected chi connectivity index (χ1v) is 6.22. The van der Waals surface area contributed by atoms with Gasteiger partial charge in [0.05, 0.1) is 0 Å². The first-order chi connectivity index (χ1) is 9.97. The summed E-state index contributed by atoms with van der Waals surface area (Å²) in [6, 6.07) is 9.00. The molecule has 0 bridgehead atoms. The summed E-state index contributed by atoms with van der Waals surface area (Å²) in [5, 5.41) is 2.62. The quantitative estimate of drug-likeness (QED) is 0.880. The Balaban J connectivity index is 2.18. The van der Waals surface area contributed by atoms with Crippen LogP contribution in [0.15, 0.2) is 42.6 Å². The Morgan fingerprint density at radius 2 is 1.90 bits per heavy atom. The van der Waals surface area contributed by atoms with Gasteiger partial charge in [0.2, 0.25) is 5.95 Å². The van der Waals surface area contributed by atoms with Gasteiger partial charge in [0.15, 0.2) is 0 Å².